The van der Waals surface area contributed by atoms with Gasteiger partial charge in [0, 0.05) is 50.9 Å². The third kappa shape index (κ3) is 9.79. The quantitative estimate of drug-likeness (QED) is 0.226. The van der Waals surface area contributed by atoms with E-state index < -0.39 is 11.9 Å². The molecule has 0 atom stereocenters. The van der Waals surface area contributed by atoms with Crippen LogP contribution in [0.25, 0.3) is 0 Å². The minimum absolute atomic E-state index is 0.173. The molecule has 15 heteroatoms. The molecule has 4 rings (SSSR count). The molecule has 3 heterocycles. The second-order valence-corrected chi connectivity index (χ2v) is 10.2. The number of carboxylic acid groups (broad SMARTS) is 2. The monoisotopic (exact) mass is 603 g/mol. The van der Waals surface area contributed by atoms with Crippen LogP contribution in [-0.4, -0.2) is 92.3 Å². The number of carbonyl (C=O) groups excluding carboxylic acids is 1. The summed E-state index contributed by atoms with van der Waals surface area (Å²) >= 11 is 7.46. The topological polar surface area (TPSA) is 181 Å². The fourth-order valence-electron chi connectivity index (χ4n) is 3.77. The Balaban J connectivity index is 0.000000507. The molecule has 1 aliphatic rings. The molecule has 0 aliphatic carbocycles. The Labute approximate surface area is 245 Å². The lowest BCUT2D eigenvalue weighted by molar-refractivity contribution is -0.134. The molecule has 1 aliphatic heterocycles. The largest absolute Gasteiger partial charge is 0.478 e. The number of aliphatic hydroxyl groups is 1. The number of aliphatic carboxylic acids is 2. The molecule has 13 nitrogen and oxygen atoms in total. The van der Waals surface area contributed by atoms with Crippen molar-refractivity contribution >= 4 is 63.2 Å². The van der Waals surface area contributed by atoms with Crippen LogP contribution in [0.1, 0.15) is 21.1 Å². The van der Waals surface area contributed by atoms with Gasteiger partial charge in [-0.1, -0.05) is 35.1 Å². The Morgan fingerprint density at radius 1 is 1.07 bits per heavy atom. The number of nitrogens with one attached hydrogen (secondary N) is 2. The number of aliphatic hydroxyl groups excluding tert-OH is 1. The first kappa shape index (κ1) is 31.4. The van der Waals surface area contributed by atoms with Crippen LogP contribution in [0.2, 0.25) is 5.02 Å². The van der Waals surface area contributed by atoms with Gasteiger partial charge in [-0.3, -0.25) is 9.69 Å². The van der Waals surface area contributed by atoms with E-state index in [1.165, 1.54) is 17.5 Å². The van der Waals surface area contributed by atoms with E-state index in [-0.39, 0.29) is 12.5 Å². The molecular formula is C26H30ClN7O6S. The first-order chi connectivity index (χ1) is 19.5. The predicted octanol–water partition coefficient (Wildman–Crippen LogP) is 3.03. The van der Waals surface area contributed by atoms with Crippen LogP contribution in [0.5, 0.6) is 0 Å². The fraction of sp³-hybridized carbons (Fsp3) is 0.308. The van der Waals surface area contributed by atoms with Gasteiger partial charge in [0.25, 0.3) is 5.91 Å². The highest BCUT2D eigenvalue weighted by atomic mass is 35.5. The molecule has 3 aromatic rings. The zero-order valence-electron chi connectivity index (χ0n) is 22.4. The third-order valence-corrected chi connectivity index (χ3v) is 6.96. The van der Waals surface area contributed by atoms with Gasteiger partial charge in [-0.2, -0.15) is 0 Å². The average Bonchev–Trinajstić information content (AvgIpc) is 3.39. The van der Waals surface area contributed by atoms with E-state index in [4.69, 9.17) is 26.9 Å². The lowest BCUT2D eigenvalue weighted by Gasteiger charge is -2.35. The molecular weight excluding hydrogens is 574 g/mol. The van der Waals surface area contributed by atoms with Crippen molar-refractivity contribution in [2.75, 3.05) is 54.9 Å². The van der Waals surface area contributed by atoms with Crippen molar-refractivity contribution in [1.82, 2.24) is 19.9 Å². The van der Waals surface area contributed by atoms with E-state index in [0.717, 1.165) is 37.6 Å². The second-order valence-electron chi connectivity index (χ2n) is 8.76. The molecule has 0 spiro atoms. The van der Waals surface area contributed by atoms with Crippen LogP contribution in [0.15, 0.2) is 42.6 Å². The van der Waals surface area contributed by atoms with Gasteiger partial charge in [0.2, 0.25) is 0 Å². The molecule has 1 saturated heterocycles. The predicted molar refractivity (Wildman–Crippen MR) is 156 cm³/mol. The van der Waals surface area contributed by atoms with Crippen LogP contribution in [0, 0.1) is 13.8 Å². The lowest BCUT2D eigenvalue weighted by atomic mass is 10.2. The van der Waals surface area contributed by atoms with Crippen LogP contribution < -0.4 is 15.5 Å². The Hall–Kier alpha value is -4.11. The van der Waals surface area contributed by atoms with Crippen molar-refractivity contribution < 1.29 is 29.7 Å². The lowest BCUT2D eigenvalue weighted by Crippen LogP contribution is -2.47. The molecule has 0 bridgehead atoms. The van der Waals surface area contributed by atoms with Gasteiger partial charge in [0.15, 0.2) is 5.13 Å². The Bertz CT molecular complexity index is 1370. The number of halogens is 1. The Kier molecular flexibility index (Phi) is 11.5. The van der Waals surface area contributed by atoms with Crippen molar-refractivity contribution in [3.8, 4) is 0 Å². The van der Waals surface area contributed by atoms with E-state index >= 15 is 0 Å². The van der Waals surface area contributed by atoms with Gasteiger partial charge in [0.05, 0.1) is 23.5 Å². The molecule has 0 saturated carbocycles. The van der Waals surface area contributed by atoms with E-state index in [0.29, 0.717) is 51.1 Å². The number of carbonyl (C=O) groups is 3. The van der Waals surface area contributed by atoms with Gasteiger partial charge in [-0.05, 0) is 25.5 Å². The van der Waals surface area contributed by atoms with Crippen LogP contribution in [-0.2, 0) is 9.59 Å². The molecule has 0 radical (unpaired) electrons. The van der Waals surface area contributed by atoms with Crippen LogP contribution in [0.4, 0.5) is 22.5 Å². The number of aryl methyl sites for hydroxylation is 2. The number of thiazole rings is 1. The van der Waals surface area contributed by atoms with Crippen LogP contribution in [0.3, 0.4) is 0 Å². The van der Waals surface area contributed by atoms with Gasteiger partial charge in [0.1, 0.15) is 22.3 Å². The van der Waals surface area contributed by atoms with Gasteiger partial charge in [-0.15, -0.1) is 0 Å². The molecule has 0 unspecified atom stereocenters. The fourth-order valence-corrected chi connectivity index (χ4v) is 4.76. The number of amides is 1. The summed E-state index contributed by atoms with van der Waals surface area (Å²) in [6.45, 7) is 8.03. The summed E-state index contributed by atoms with van der Waals surface area (Å²) in [6, 6.07) is 7.37. The maximum absolute atomic E-state index is 12.7. The number of anilines is 4. The van der Waals surface area contributed by atoms with E-state index in [9.17, 15) is 14.4 Å². The Morgan fingerprint density at radius 3 is 2.37 bits per heavy atom. The summed E-state index contributed by atoms with van der Waals surface area (Å²) in [7, 11) is 0. The van der Waals surface area contributed by atoms with Gasteiger partial charge >= 0.3 is 11.9 Å². The number of aromatic nitrogens is 3. The molecule has 2 aromatic heterocycles. The Morgan fingerprint density at radius 2 is 1.76 bits per heavy atom. The van der Waals surface area contributed by atoms with E-state index in [2.05, 4.69) is 35.4 Å². The number of benzene rings is 1. The zero-order valence-corrected chi connectivity index (χ0v) is 23.9. The highest BCUT2D eigenvalue weighted by Crippen LogP contribution is 2.28. The SMILES string of the molecule is Cc1nc(Nc2ncc(C(=O)Nc3c(C)cccc3Cl)s2)cc(N2CCN(CCO)CC2)n1.O=C(O)/C=C/C(=O)O. The molecule has 1 fully saturated rings. The summed E-state index contributed by atoms with van der Waals surface area (Å²) in [4.78, 5) is 50.1. The second kappa shape index (κ2) is 15.0. The molecule has 5 N–H and O–H groups in total. The molecule has 1 aromatic carbocycles. The first-order valence-corrected chi connectivity index (χ1v) is 13.6. The minimum atomic E-state index is -1.26. The number of β-amino-alcohol motifs (C(OH)–C–C–N with tert-alkyl or cyclic N) is 1. The van der Waals surface area contributed by atoms with Gasteiger partial charge in [-0.25, -0.2) is 24.5 Å². The molecule has 41 heavy (non-hydrogen) atoms. The van der Waals surface area contributed by atoms with E-state index in [1.807, 2.05) is 32.0 Å². The van der Waals surface area contributed by atoms with Crippen molar-refractivity contribution in [3.63, 3.8) is 0 Å². The summed E-state index contributed by atoms with van der Waals surface area (Å²) in [6.07, 6.45) is 2.65. The van der Waals surface area contributed by atoms with Crippen molar-refractivity contribution in [1.29, 1.82) is 0 Å². The summed E-state index contributed by atoms with van der Waals surface area (Å²) < 4.78 is 0. The molecule has 218 valence electrons. The van der Waals surface area contributed by atoms with Gasteiger partial charge < -0.3 is 30.9 Å². The van der Waals surface area contributed by atoms with E-state index in [1.54, 1.807) is 6.07 Å². The number of para-hydroxylation sites is 1. The highest BCUT2D eigenvalue weighted by molar-refractivity contribution is 7.17. The maximum atomic E-state index is 12.7. The first-order valence-electron chi connectivity index (χ1n) is 12.4. The maximum Gasteiger partial charge on any atom is 0.328 e. The number of nitrogens with zero attached hydrogens (tertiary/aromatic N) is 5. The normalized spacial score (nSPS) is 13.4. The zero-order chi connectivity index (χ0) is 29.9. The average molecular weight is 604 g/mol. The van der Waals surface area contributed by atoms with Crippen LogP contribution >= 0.6 is 22.9 Å². The standard InChI is InChI=1S/C22H26ClN7O2S.C4H4O4/c1-14-4-3-5-16(23)20(14)28-21(32)17-13-24-22(33-17)27-18-12-19(26-15(2)25-18)30-8-6-29(7-9-30)10-11-31;5-3(6)1-2-4(7)8/h3-5,12-13,31H,6-11H2,1-2H3,(H,28,32)(H,24,25,26,27);1-2H,(H,5,6)(H,7,8)/b;2-1+. The number of hydrogen-bond donors (Lipinski definition) is 5. The number of piperazine rings is 1. The summed E-state index contributed by atoms with van der Waals surface area (Å²) in [5.41, 5.74) is 1.49. The summed E-state index contributed by atoms with van der Waals surface area (Å²) in [5, 5.41) is 31.9. The number of rotatable bonds is 9. The summed E-state index contributed by atoms with van der Waals surface area (Å²) in [5.74, 6) is -0.663. The number of carboxylic acids is 2. The highest BCUT2D eigenvalue weighted by Gasteiger charge is 2.19. The third-order valence-electron chi connectivity index (χ3n) is 5.73. The van der Waals surface area contributed by atoms with Crippen molar-refractivity contribution in [2.24, 2.45) is 0 Å². The smallest absolute Gasteiger partial charge is 0.328 e. The minimum Gasteiger partial charge on any atom is -0.478 e. The number of hydrogen-bond acceptors (Lipinski definition) is 11. The van der Waals surface area contributed by atoms with Crippen molar-refractivity contribution in [3.05, 3.63) is 63.9 Å². The van der Waals surface area contributed by atoms with Crippen molar-refractivity contribution in [2.45, 2.75) is 13.8 Å². The molecule has 1 amide bonds.